The van der Waals surface area contributed by atoms with Crippen LogP contribution in [-0.2, 0) is 6.42 Å². The van der Waals surface area contributed by atoms with Crippen LogP contribution in [0.25, 0.3) is 11.3 Å². The molecule has 0 aliphatic carbocycles. The van der Waals surface area contributed by atoms with Crippen molar-refractivity contribution in [3.8, 4) is 11.3 Å². The lowest BCUT2D eigenvalue weighted by molar-refractivity contribution is 0.513. The highest BCUT2D eigenvalue weighted by atomic mass is 19.1. The third-order valence-electron chi connectivity index (χ3n) is 6.85. The summed E-state index contributed by atoms with van der Waals surface area (Å²) in [4.78, 5) is 18.7. The molecule has 0 amide bonds. The third-order valence-corrected chi connectivity index (χ3v) is 6.85. The van der Waals surface area contributed by atoms with E-state index >= 15 is 0 Å². The van der Waals surface area contributed by atoms with Gasteiger partial charge in [-0.15, -0.1) is 0 Å². The first-order valence-corrected chi connectivity index (χ1v) is 12.9. The van der Waals surface area contributed by atoms with Gasteiger partial charge in [0, 0.05) is 37.1 Å². The van der Waals surface area contributed by atoms with Crippen LogP contribution in [0.3, 0.4) is 0 Å². The zero-order valence-electron chi connectivity index (χ0n) is 21.9. The summed E-state index contributed by atoms with van der Waals surface area (Å²) in [6.07, 6.45) is 5.25. The highest BCUT2D eigenvalue weighted by Gasteiger charge is 2.22. The Morgan fingerprint density at radius 1 is 1.11 bits per heavy atom. The Bertz CT molecular complexity index is 1210. The summed E-state index contributed by atoms with van der Waals surface area (Å²) >= 11 is 0. The summed E-state index contributed by atoms with van der Waals surface area (Å²) in [6, 6.07) is 12.6. The van der Waals surface area contributed by atoms with Crippen molar-refractivity contribution in [1.82, 2.24) is 15.0 Å². The summed E-state index contributed by atoms with van der Waals surface area (Å²) < 4.78 is 13.9. The van der Waals surface area contributed by atoms with E-state index in [-0.39, 0.29) is 5.82 Å². The van der Waals surface area contributed by atoms with Gasteiger partial charge in [0.1, 0.15) is 11.6 Å². The Morgan fingerprint density at radius 3 is 2.69 bits per heavy atom. The molecule has 190 valence electrons. The highest BCUT2D eigenvalue weighted by molar-refractivity contribution is 5.74. The molecule has 0 radical (unpaired) electrons. The normalized spacial score (nSPS) is 14.6. The molecule has 3 heterocycles. The van der Waals surface area contributed by atoms with Crippen molar-refractivity contribution in [1.29, 1.82) is 0 Å². The van der Waals surface area contributed by atoms with Crippen molar-refractivity contribution in [2.24, 2.45) is 5.92 Å². The minimum atomic E-state index is -0.276. The zero-order chi connectivity index (χ0) is 25.7. The van der Waals surface area contributed by atoms with Gasteiger partial charge in [-0.25, -0.2) is 19.3 Å². The number of nitrogens with one attached hydrogen (secondary N) is 1. The first-order chi connectivity index (χ1) is 17.3. The van der Waals surface area contributed by atoms with E-state index in [4.69, 9.17) is 9.97 Å². The first kappa shape index (κ1) is 25.6. The quantitative estimate of drug-likeness (QED) is 0.386. The van der Waals surface area contributed by atoms with E-state index in [2.05, 4.69) is 59.7 Å². The first-order valence-electron chi connectivity index (χ1n) is 12.9. The minimum absolute atomic E-state index is 0.276. The van der Waals surface area contributed by atoms with Crippen LogP contribution >= 0.6 is 0 Å². The van der Waals surface area contributed by atoms with Gasteiger partial charge >= 0.3 is 0 Å². The molecule has 36 heavy (non-hydrogen) atoms. The highest BCUT2D eigenvalue weighted by Crippen LogP contribution is 2.34. The Morgan fingerprint density at radius 2 is 1.92 bits per heavy atom. The van der Waals surface area contributed by atoms with Crippen LogP contribution in [-0.4, -0.2) is 35.1 Å². The van der Waals surface area contributed by atoms with Gasteiger partial charge in [0.2, 0.25) is 5.95 Å². The van der Waals surface area contributed by atoms with Gasteiger partial charge in [0.05, 0.1) is 11.4 Å². The fourth-order valence-corrected chi connectivity index (χ4v) is 4.47. The van der Waals surface area contributed by atoms with E-state index < -0.39 is 0 Å². The van der Waals surface area contributed by atoms with Gasteiger partial charge in [-0.1, -0.05) is 39.0 Å². The summed E-state index contributed by atoms with van der Waals surface area (Å²) in [6.45, 7) is 12.6. The summed E-state index contributed by atoms with van der Waals surface area (Å²) in [5, 5.41) is 3.36. The molecular formula is C29H37FN6. The number of fused-ring (bicyclic) bond motifs is 1. The van der Waals surface area contributed by atoms with Crippen LogP contribution < -0.4 is 15.1 Å². The van der Waals surface area contributed by atoms with Crippen LogP contribution in [0.2, 0.25) is 0 Å². The maximum Gasteiger partial charge on any atom is 0.228 e. The molecule has 0 fully saturated rings. The molecule has 0 bridgehead atoms. The van der Waals surface area contributed by atoms with Crippen LogP contribution in [0.4, 0.5) is 21.8 Å². The van der Waals surface area contributed by atoms with E-state index in [1.54, 1.807) is 6.07 Å². The van der Waals surface area contributed by atoms with Crippen LogP contribution in [0, 0.1) is 18.7 Å². The van der Waals surface area contributed by atoms with Gasteiger partial charge in [-0.3, -0.25) is 0 Å². The average Bonchev–Trinajstić information content (AvgIpc) is 2.85. The Balaban J connectivity index is 1.64. The number of rotatable bonds is 8. The second kappa shape index (κ2) is 11.5. The number of hydrogen-bond acceptors (Lipinski definition) is 6. The van der Waals surface area contributed by atoms with E-state index in [1.807, 2.05) is 19.1 Å². The van der Waals surface area contributed by atoms with Crippen molar-refractivity contribution in [3.05, 3.63) is 72.1 Å². The molecule has 1 aliphatic heterocycles. The van der Waals surface area contributed by atoms with Crippen molar-refractivity contribution in [2.75, 3.05) is 35.3 Å². The Kier molecular flexibility index (Phi) is 8.18. The molecule has 7 heteroatoms. The number of anilines is 3. The lowest BCUT2D eigenvalue weighted by Crippen LogP contribution is -2.34. The van der Waals surface area contributed by atoms with Crippen molar-refractivity contribution in [3.63, 3.8) is 0 Å². The molecular weight excluding hydrogens is 451 g/mol. The number of aryl methyl sites for hydroxylation is 2. The van der Waals surface area contributed by atoms with Crippen molar-refractivity contribution < 1.29 is 4.39 Å². The summed E-state index contributed by atoms with van der Waals surface area (Å²) in [5.74, 6) is 2.41. The van der Waals surface area contributed by atoms with E-state index in [0.29, 0.717) is 17.7 Å². The average molecular weight is 489 g/mol. The second-order valence-electron chi connectivity index (χ2n) is 9.78. The molecule has 1 aliphatic rings. The van der Waals surface area contributed by atoms with E-state index in [1.165, 1.54) is 18.6 Å². The molecule has 1 aromatic carbocycles. The topological polar surface area (TPSA) is 57.2 Å². The standard InChI is InChI=1S/C29H37FN6/c1-6-20(2)12-13-25-18-21(3)31-29(33-25)32-22(4)36-17-8-7-16-35(5)27-15-14-26(34-28(27)36)23-10-9-11-24(30)19-23/h9-11,14-15,18-20H,4,6-8,12-13,16-17H2,1-3,5H3,(H,31,32,33). The molecule has 1 unspecified atom stereocenters. The number of halogens is 1. The maximum absolute atomic E-state index is 13.9. The fraction of sp³-hybridized carbons (Fsp3) is 0.414. The Hall–Kier alpha value is -3.48. The fourth-order valence-electron chi connectivity index (χ4n) is 4.47. The molecule has 3 aromatic rings. The van der Waals surface area contributed by atoms with Gasteiger partial charge in [-0.05, 0) is 68.9 Å². The molecule has 1 atom stereocenters. The monoisotopic (exact) mass is 488 g/mol. The predicted molar refractivity (Wildman–Crippen MR) is 147 cm³/mol. The largest absolute Gasteiger partial charge is 0.372 e. The molecule has 4 rings (SSSR count). The second-order valence-corrected chi connectivity index (χ2v) is 9.78. The van der Waals surface area contributed by atoms with Crippen molar-refractivity contribution >= 4 is 17.5 Å². The lowest BCUT2D eigenvalue weighted by atomic mass is 10.0. The maximum atomic E-state index is 13.9. The van der Waals surface area contributed by atoms with Gasteiger partial charge in [-0.2, -0.15) is 0 Å². The Labute approximate surface area is 214 Å². The van der Waals surface area contributed by atoms with Crippen molar-refractivity contribution in [2.45, 2.75) is 52.9 Å². The zero-order valence-corrected chi connectivity index (χ0v) is 21.9. The van der Waals surface area contributed by atoms with Gasteiger partial charge in [0.15, 0.2) is 5.82 Å². The number of pyridine rings is 1. The predicted octanol–water partition coefficient (Wildman–Crippen LogP) is 6.58. The van der Waals surface area contributed by atoms with Crippen LogP contribution in [0.1, 0.15) is 50.9 Å². The molecule has 0 spiro atoms. The van der Waals surface area contributed by atoms with Gasteiger partial charge < -0.3 is 15.1 Å². The molecule has 2 aromatic heterocycles. The molecule has 0 saturated heterocycles. The minimum Gasteiger partial charge on any atom is -0.372 e. The molecule has 1 N–H and O–H groups in total. The summed E-state index contributed by atoms with van der Waals surface area (Å²) in [5.41, 5.74) is 4.45. The number of hydrogen-bond donors (Lipinski definition) is 1. The SMILES string of the molecule is C=C(Nc1nc(C)cc(CCC(C)CC)n1)N1CCCCN(C)c2ccc(-c3cccc(F)c3)nc21. The van der Waals surface area contributed by atoms with E-state index in [0.717, 1.165) is 72.9 Å². The number of aromatic nitrogens is 3. The smallest absolute Gasteiger partial charge is 0.228 e. The summed E-state index contributed by atoms with van der Waals surface area (Å²) in [7, 11) is 2.08. The number of nitrogens with zero attached hydrogens (tertiary/aromatic N) is 5. The van der Waals surface area contributed by atoms with Crippen LogP contribution in [0.15, 0.2) is 54.9 Å². The molecule has 0 saturated carbocycles. The third kappa shape index (κ3) is 6.20. The van der Waals surface area contributed by atoms with Crippen LogP contribution in [0.5, 0.6) is 0 Å². The lowest BCUT2D eigenvalue weighted by Gasteiger charge is -2.33. The van der Waals surface area contributed by atoms with Gasteiger partial charge in [0.25, 0.3) is 0 Å². The molecule has 6 nitrogen and oxygen atoms in total. The number of benzene rings is 1. The van der Waals surface area contributed by atoms with E-state index in [9.17, 15) is 4.39 Å².